The molecule has 8 aromatic rings. The van der Waals surface area contributed by atoms with E-state index in [-0.39, 0.29) is 13.2 Å². The molecule has 0 saturated carbocycles. The lowest BCUT2D eigenvalue weighted by atomic mass is 9.98. The molecule has 326 valence electrons. The van der Waals surface area contributed by atoms with Crippen molar-refractivity contribution in [1.82, 2.24) is 19.9 Å². The Kier molecular flexibility index (Phi) is 11.1. The zero-order valence-electron chi connectivity index (χ0n) is 37.3. The molecule has 0 fully saturated rings. The molecule has 0 spiro atoms. The molecule has 62 heavy (non-hydrogen) atoms. The molecule has 0 aliphatic rings. The molecule has 14 nitrogen and oxygen atoms in total. The van der Waals surface area contributed by atoms with E-state index in [1.54, 1.807) is 56.9 Å². The molecule has 0 bridgehead atoms. The minimum atomic E-state index is -0.216. The van der Waals surface area contributed by atoms with Crippen molar-refractivity contribution in [1.29, 1.82) is 0 Å². The maximum absolute atomic E-state index is 10.4. The van der Waals surface area contributed by atoms with E-state index in [0.29, 0.717) is 70.0 Å². The van der Waals surface area contributed by atoms with Gasteiger partial charge in [0, 0.05) is 92.4 Å². The number of aliphatic hydroxyl groups is 2. The Morgan fingerprint density at radius 1 is 0.371 bits per heavy atom. The molecule has 0 saturated heterocycles. The van der Waals surface area contributed by atoms with E-state index in [1.807, 2.05) is 31.2 Å². The number of aliphatic hydroxyl groups excluding tert-OH is 2. The van der Waals surface area contributed by atoms with Gasteiger partial charge in [0.2, 0.25) is 0 Å². The molecule has 4 heterocycles. The van der Waals surface area contributed by atoms with Gasteiger partial charge in [-0.15, -0.1) is 0 Å². The summed E-state index contributed by atoms with van der Waals surface area (Å²) in [6.07, 6.45) is 0.959. The van der Waals surface area contributed by atoms with Crippen molar-refractivity contribution in [3.05, 3.63) is 80.3 Å². The monoisotopic (exact) mass is 846 g/mol. The molecule has 0 radical (unpaired) electrons. The lowest BCUT2D eigenvalue weighted by Crippen LogP contribution is -1.99. The molecule has 0 aliphatic heterocycles. The smallest absolute Gasteiger partial charge is 0.134 e. The minimum absolute atomic E-state index is 0.201. The number of methoxy groups -OCH3 is 8. The van der Waals surface area contributed by atoms with E-state index in [0.717, 1.165) is 99.8 Å². The van der Waals surface area contributed by atoms with Gasteiger partial charge in [-0.25, -0.2) is 0 Å². The van der Waals surface area contributed by atoms with Crippen molar-refractivity contribution in [3.63, 3.8) is 0 Å². The Bertz CT molecular complexity index is 3040. The second-order valence-corrected chi connectivity index (χ2v) is 15.4. The highest BCUT2D eigenvalue weighted by Crippen LogP contribution is 2.49. The van der Waals surface area contributed by atoms with E-state index < -0.39 is 0 Å². The average Bonchev–Trinajstić information content (AvgIpc) is 4.02. The van der Waals surface area contributed by atoms with Gasteiger partial charge < -0.3 is 68.0 Å². The van der Waals surface area contributed by atoms with Crippen molar-refractivity contribution in [2.45, 2.75) is 53.8 Å². The first-order valence-corrected chi connectivity index (χ1v) is 20.2. The van der Waals surface area contributed by atoms with E-state index in [4.69, 9.17) is 37.9 Å². The predicted molar refractivity (Wildman–Crippen MR) is 241 cm³/mol. The van der Waals surface area contributed by atoms with Crippen molar-refractivity contribution < 1.29 is 48.1 Å². The number of ether oxygens (including phenoxy) is 8. The van der Waals surface area contributed by atoms with Gasteiger partial charge in [-0.2, -0.15) is 0 Å². The van der Waals surface area contributed by atoms with Gasteiger partial charge in [-0.3, -0.25) is 0 Å². The Hall–Kier alpha value is -6.64. The molecular formula is C48H54N4O10. The number of aryl methyl sites for hydroxylation is 4. The van der Waals surface area contributed by atoms with Crippen molar-refractivity contribution in [2.75, 3.05) is 56.9 Å². The number of rotatable bonds is 15. The number of benzene rings is 4. The van der Waals surface area contributed by atoms with Gasteiger partial charge in [0.15, 0.2) is 0 Å². The number of H-pyrrole nitrogens is 4. The fraction of sp³-hybridized carbons (Fsp3) is 0.333. The normalized spacial score (nSPS) is 11.6. The maximum Gasteiger partial charge on any atom is 0.134 e. The van der Waals surface area contributed by atoms with Gasteiger partial charge in [0.1, 0.15) is 46.0 Å². The summed E-state index contributed by atoms with van der Waals surface area (Å²) in [5.74, 6) is 4.96. The van der Waals surface area contributed by atoms with Crippen LogP contribution < -0.4 is 37.9 Å². The van der Waals surface area contributed by atoms with E-state index in [1.165, 1.54) is 0 Å². The van der Waals surface area contributed by atoms with Crippen LogP contribution in [0.3, 0.4) is 0 Å². The van der Waals surface area contributed by atoms with Crippen LogP contribution in [0.1, 0.15) is 56.0 Å². The van der Waals surface area contributed by atoms with E-state index in [2.05, 4.69) is 40.7 Å². The van der Waals surface area contributed by atoms with Crippen LogP contribution >= 0.6 is 0 Å². The van der Waals surface area contributed by atoms with Gasteiger partial charge in [0.05, 0.1) is 103 Å². The fourth-order valence-corrected chi connectivity index (χ4v) is 9.44. The second-order valence-electron chi connectivity index (χ2n) is 15.4. The maximum atomic E-state index is 10.4. The molecule has 0 atom stereocenters. The highest BCUT2D eigenvalue weighted by atomic mass is 16.5. The highest BCUT2D eigenvalue weighted by Gasteiger charge is 2.29. The van der Waals surface area contributed by atoms with Gasteiger partial charge >= 0.3 is 0 Å². The quantitative estimate of drug-likeness (QED) is 0.0585. The molecule has 4 aromatic heterocycles. The first kappa shape index (κ1) is 42.1. The third kappa shape index (κ3) is 6.22. The summed E-state index contributed by atoms with van der Waals surface area (Å²) in [5, 5.41) is 24.4. The zero-order chi connectivity index (χ0) is 44.3. The number of aromatic amines is 4. The van der Waals surface area contributed by atoms with Gasteiger partial charge in [-0.05, 0) is 49.9 Å². The first-order valence-electron chi connectivity index (χ1n) is 20.2. The van der Waals surface area contributed by atoms with Crippen molar-refractivity contribution >= 4 is 43.6 Å². The predicted octanol–water partition coefficient (Wildman–Crippen LogP) is 8.75. The summed E-state index contributed by atoms with van der Waals surface area (Å²) in [5.41, 5.74) is 13.9. The van der Waals surface area contributed by atoms with Crippen LogP contribution in [0.5, 0.6) is 46.0 Å². The number of aromatic nitrogens is 4. The molecule has 0 amide bonds. The van der Waals surface area contributed by atoms with Crippen LogP contribution in [-0.2, 0) is 26.1 Å². The average molecular weight is 847 g/mol. The van der Waals surface area contributed by atoms with E-state index >= 15 is 0 Å². The van der Waals surface area contributed by atoms with Crippen LogP contribution in [0.25, 0.3) is 54.9 Å². The molecule has 6 N–H and O–H groups in total. The van der Waals surface area contributed by atoms with Crippen molar-refractivity contribution in [2.24, 2.45) is 0 Å². The van der Waals surface area contributed by atoms with Crippen LogP contribution in [-0.4, -0.2) is 87.0 Å². The number of fused-ring (bicyclic) bond motifs is 4. The Labute approximate surface area is 359 Å². The summed E-state index contributed by atoms with van der Waals surface area (Å²) in [6, 6.07) is 7.48. The fourth-order valence-electron chi connectivity index (χ4n) is 9.44. The van der Waals surface area contributed by atoms with Crippen LogP contribution in [0.4, 0.5) is 0 Å². The van der Waals surface area contributed by atoms with Crippen LogP contribution in [0.15, 0.2) is 24.3 Å². The topological polar surface area (TPSA) is 177 Å². The third-order valence-electron chi connectivity index (χ3n) is 12.7. The lowest BCUT2D eigenvalue weighted by molar-refractivity contribution is 0.274. The zero-order valence-corrected chi connectivity index (χ0v) is 37.3. The largest absolute Gasteiger partial charge is 0.496 e. The van der Waals surface area contributed by atoms with Gasteiger partial charge in [0.25, 0.3) is 0 Å². The first-order chi connectivity index (χ1) is 30.0. The van der Waals surface area contributed by atoms with Crippen LogP contribution in [0.2, 0.25) is 0 Å². The summed E-state index contributed by atoms with van der Waals surface area (Å²) in [4.78, 5) is 14.8. The Morgan fingerprint density at radius 3 is 1.10 bits per heavy atom. The Morgan fingerprint density at radius 2 is 0.694 bits per heavy atom. The molecular weight excluding hydrogens is 793 g/mol. The summed E-state index contributed by atoms with van der Waals surface area (Å²) in [7, 11) is 13.1. The molecule has 4 aromatic carbocycles. The second kappa shape index (κ2) is 16.3. The van der Waals surface area contributed by atoms with E-state index in [9.17, 15) is 10.2 Å². The number of hydrogen-bond donors (Lipinski definition) is 6. The molecule has 8 rings (SSSR count). The summed E-state index contributed by atoms with van der Waals surface area (Å²) < 4.78 is 47.2. The van der Waals surface area contributed by atoms with Gasteiger partial charge in [-0.1, -0.05) is 0 Å². The lowest BCUT2D eigenvalue weighted by Gasteiger charge is -2.13. The highest BCUT2D eigenvalue weighted by molar-refractivity contribution is 6.07. The SMILES string of the molecule is COc1cc(OC)c2c(C)c(Cc3[nH]c4c(-c5[nH]c6c(Cc7[nH]c8c(CO)c(OC)cc(OC)c8c7C)c(OC)cc(OC)c6c5C)c(OC)cc(OC)c4c3C)[nH]c2c1CO. The number of hydrogen-bond acceptors (Lipinski definition) is 10. The number of nitrogens with one attached hydrogen (secondary N) is 4. The Balaban J connectivity index is 1.34. The molecule has 0 unspecified atom stereocenters. The molecule has 14 heteroatoms. The third-order valence-corrected chi connectivity index (χ3v) is 12.7. The summed E-state index contributed by atoms with van der Waals surface area (Å²) >= 11 is 0. The summed E-state index contributed by atoms with van der Waals surface area (Å²) in [6.45, 7) is 7.85. The minimum Gasteiger partial charge on any atom is -0.496 e. The standard InChI is InChI=1S/C48H54N4O10/c1-21-28(49-46-26(19-53)32(56-6)16-34(58-8)39(21)46)13-25-31(55-5)15-36(60-10)42-24(4)44(52-45(25)42)43-38(62-12)18-37(61-11)41-23(3)30(51-48(41)43)14-29-22(2)40-35(59-9)17-33(57-7)27(20-54)47(40)50-29/h15-18,49-54H,13-14,19-20H2,1-12H3. The van der Waals surface area contributed by atoms with Crippen molar-refractivity contribution in [3.8, 4) is 57.3 Å². The molecule has 0 aliphatic carbocycles. The van der Waals surface area contributed by atoms with Crippen LogP contribution in [0, 0.1) is 27.7 Å².